The highest BCUT2D eigenvalue weighted by Crippen LogP contribution is 2.18. The van der Waals surface area contributed by atoms with Crippen LogP contribution in [0.1, 0.15) is 48.9 Å². The Morgan fingerprint density at radius 1 is 1.25 bits per heavy atom. The first kappa shape index (κ1) is 18.5. The molecule has 5 heteroatoms. The first-order valence-electron chi connectivity index (χ1n) is 8.45. The van der Waals surface area contributed by atoms with Gasteiger partial charge in [-0.3, -0.25) is 4.79 Å². The molecular formula is C19H26N2O2S. The SMILES string of the molecule is Cc1csc(CCCCNC(=O)COc2ccc(C(C)C)cc2)n1. The highest BCUT2D eigenvalue weighted by molar-refractivity contribution is 7.09. The minimum atomic E-state index is -0.0759. The molecule has 0 unspecified atom stereocenters. The smallest absolute Gasteiger partial charge is 0.257 e. The predicted molar refractivity (Wildman–Crippen MR) is 98.8 cm³/mol. The number of benzene rings is 1. The van der Waals surface area contributed by atoms with Crippen LogP contribution in [0.15, 0.2) is 29.6 Å². The molecule has 0 bridgehead atoms. The summed E-state index contributed by atoms with van der Waals surface area (Å²) in [6.07, 6.45) is 2.96. The summed E-state index contributed by atoms with van der Waals surface area (Å²) in [6, 6.07) is 7.91. The number of ether oxygens (including phenoxy) is 1. The number of carbonyl (C=O) groups excluding carboxylic acids is 1. The van der Waals surface area contributed by atoms with Gasteiger partial charge in [0.15, 0.2) is 6.61 Å². The van der Waals surface area contributed by atoms with Gasteiger partial charge in [-0.25, -0.2) is 4.98 Å². The minimum Gasteiger partial charge on any atom is -0.484 e. The standard InChI is InChI=1S/C19H26N2O2S/c1-14(2)16-7-9-17(10-8-16)23-12-18(22)20-11-5-4-6-19-21-15(3)13-24-19/h7-10,13-14H,4-6,11-12H2,1-3H3,(H,20,22). The number of rotatable bonds is 9. The van der Waals surface area contributed by atoms with Crippen LogP contribution in [0.2, 0.25) is 0 Å². The Kier molecular flexibility index (Phi) is 7.25. The molecular weight excluding hydrogens is 320 g/mol. The average Bonchev–Trinajstić information content (AvgIpc) is 2.98. The lowest BCUT2D eigenvalue weighted by Gasteiger charge is -2.09. The lowest BCUT2D eigenvalue weighted by Crippen LogP contribution is -2.29. The normalized spacial score (nSPS) is 10.8. The second-order valence-electron chi connectivity index (χ2n) is 6.20. The molecule has 0 fully saturated rings. The molecule has 1 N–H and O–H groups in total. The van der Waals surface area contributed by atoms with Gasteiger partial charge in [0.05, 0.1) is 5.01 Å². The number of hydrogen-bond donors (Lipinski definition) is 1. The Hall–Kier alpha value is -1.88. The number of hydrogen-bond acceptors (Lipinski definition) is 4. The summed E-state index contributed by atoms with van der Waals surface area (Å²) in [4.78, 5) is 16.2. The van der Waals surface area contributed by atoms with Gasteiger partial charge in [-0.05, 0) is 49.8 Å². The highest BCUT2D eigenvalue weighted by atomic mass is 32.1. The van der Waals surface area contributed by atoms with E-state index in [0.717, 1.165) is 30.7 Å². The van der Waals surface area contributed by atoms with Gasteiger partial charge in [0.2, 0.25) is 0 Å². The summed E-state index contributed by atoms with van der Waals surface area (Å²) in [5, 5.41) is 6.14. The highest BCUT2D eigenvalue weighted by Gasteiger charge is 2.04. The molecule has 0 atom stereocenters. The number of unbranched alkanes of at least 4 members (excludes halogenated alkanes) is 1. The van der Waals surface area contributed by atoms with Crippen LogP contribution >= 0.6 is 11.3 Å². The Labute approximate surface area is 148 Å². The van der Waals surface area contributed by atoms with Crippen LogP contribution < -0.4 is 10.1 Å². The number of amides is 1. The van der Waals surface area contributed by atoms with Crippen LogP contribution in [0.3, 0.4) is 0 Å². The molecule has 24 heavy (non-hydrogen) atoms. The van der Waals surface area contributed by atoms with Gasteiger partial charge in [-0.2, -0.15) is 0 Å². The number of aromatic nitrogens is 1. The zero-order valence-electron chi connectivity index (χ0n) is 14.7. The number of carbonyl (C=O) groups is 1. The molecule has 1 aromatic carbocycles. The van der Waals surface area contributed by atoms with Gasteiger partial charge in [-0.1, -0.05) is 26.0 Å². The molecule has 1 amide bonds. The zero-order chi connectivity index (χ0) is 17.4. The first-order valence-corrected chi connectivity index (χ1v) is 9.33. The van der Waals surface area contributed by atoms with Crippen LogP contribution in [-0.2, 0) is 11.2 Å². The van der Waals surface area contributed by atoms with E-state index < -0.39 is 0 Å². The van der Waals surface area contributed by atoms with Crippen molar-refractivity contribution >= 4 is 17.2 Å². The fourth-order valence-corrected chi connectivity index (χ4v) is 3.11. The fourth-order valence-electron chi connectivity index (χ4n) is 2.30. The second-order valence-corrected chi connectivity index (χ2v) is 7.14. The van der Waals surface area contributed by atoms with Crippen molar-refractivity contribution in [3.05, 3.63) is 45.9 Å². The minimum absolute atomic E-state index is 0.0622. The molecule has 2 aromatic rings. The van der Waals surface area contributed by atoms with Gasteiger partial charge in [0.1, 0.15) is 5.75 Å². The summed E-state index contributed by atoms with van der Waals surface area (Å²) in [7, 11) is 0. The van der Waals surface area contributed by atoms with Crippen LogP contribution in [0, 0.1) is 6.92 Å². The van der Waals surface area contributed by atoms with Crippen molar-refractivity contribution in [2.24, 2.45) is 0 Å². The first-order chi connectivity index (χ1) is 11.5. The largest absolute Gasteiger partial charge is 0.484 e. The van der Waals surface area contributed by atoms with Crippen molar-refractivity contribution in [3.8, 4) is 5.75 Å². The van der Waals surface area contributed by atoms with Crippen molar-refractivity contribution in [2.75, 3.05) is 13.2 Å². The van der Waals surface area contributed by atoms with E-state index in [4.69, 9.17) is 4.74 Å². The van der Waals surface area contributed by atoms with Gasteiger partial charge in [0, 0.05) is 17.6 Å². The maximum atomic E-state index is 11.8. The van der Waals surface area contributed by atoms with Crippen LogP contribution in [0.4, 0.5) is 0 Å². The maximum Gasteiger partial charge on any atom is 0.257 e. The number of aryl methyl sites for hydroxylation is 2. The van der Waals surface area contributed by atoms with Crippen molar-refractivity contribution in [1.29, 1.82) is 0 Å². The summed E-state index contributed by atoms with van der Waals surface area (Å²) in [6.45, 7) is 7.06. The van der Waals surface area contributed by atoms with E-state index in [1.807, 2.05) is 31.2 Å². The monoisotopic (exact) mass is 346 g/mol. The zero-order valence-corrected chi connectivity index (χ0v) is 15.5. The molecule has 2 rings (SSSR count). The van der Waals surface area contributed by atoms with E-state index in [2.05, 4.69) is 29.5 Å². The van der Waals surface area contributed by atoms with Gasteiger partial charge >= 0.3 is 0 Å². The van der Waals surface area contributed by atoms with Gasteiger partial charge in [-0.15, -0.1) is 11.3 Å². The van der Waals surface area contributed by atoms with E-state index >= 15 is 0 Å². The molecule has 0 radical (unpaired) electrons. The molecule has 0 spiro atoms. The second kappa shape index (κ2) is 9.42. The quantitative estimate of drug-likeness (QED) is 0.696. The molecule has 0 aliphatic heterocycles. The van der Waals surface area contributed by atoms with Gasteiger partial charge in [0.25, 0.3) is 5.91 Å². The fraction of sp³-hybridized carbons (Fsp3) is 0.474. The Morgan fingerprint density at radius 2 is 2.00 bits per heavy atom. The number of nitrogens with zero attached hydrogens (tertiary/aromatic N) is 1. The van der Waals surface area contributed by atoms with E-state index in [1.54, 1.807) is 11.3 Å². The molecule has 0 saturated carbocycles. The Balaban J connectivity index is 1.57. The lowest BCUT2D eigenvalue weighted by atomic mass is 10.0. The lowest BCUT2D eigenvalue weighted by molar-refractivity contribution is -0.123. The third-order valence-electron chi connectivity index (χ3n) is 3.72. The third kappa shape index (κ3) is 6.32. The molecule has 1 aromatic heterocycles. The van der Waals surface area contributed by atoms with E-state index in [0.29, 0.717) is 12.5 Å². The van der Waals surface area contributed by atoms with Crippen LogP contribution in [-0.4, -0.2) is 24.0 Å². The predicted octanol–water partition coefficient (Wildman–Crippen LogP) is 4.09. The number of thiazole rings is 1. The van der Waals surface area contributed by atoms with E-state index in [9.17, 15) is 4.79 Å². The summed E-state index contributed by atoms with van der Waals surface area (Å²) < 4.78 is 5.51. The Bertz CT molecular complexity index is 635. The van der Waals surface area contributed by atoms with Crippen molar-refractivity contribution in [3.63, 3.8) is 0 Å². The van der Waals surface area contributed by atoms with Crippen LogP contribution in [0.5, 0.6) is 5.75 Å². The van der Waals surface area contributed by atoms with E-state index in [1.165, 1.54) is 10.6 Å². The molecule has 0 aliphatic carbocycles. The molecule has 1 heterocycles. The van der Waals surface area contributed by atoms with Crippen molar-refractivity contribution in [1.82, 2.24) is 10.3 Å². The summed E-state index contributed by atoms with van der Waals surface area (Å²) in [5.41, 5.74) is 2.35. The molecule has 4 nitrogen and oxygen atoms in total. The molecule has 130 valence electrons. The topological polar surface area (TPSA) is 51.2 Å². The molecule has 0 saturated heterocycles. The molecule has 0 aliphatic rings. The summed E-state index contributed by atoms with van der Waals surface area (Å²) in [5.74, 6) is 1.15. The summed E-state index contributed by atoms with van der Waals surface area (Å²) >= 11 is 1.70. The van der Waals surface area contributed by atoms with Crippen molar-refractivity contribution in [2.45, 2.75) is 46.0 Å². The number of nitrogens with one attached hydrogen (secondary N) is 1. The van der Waals surface area contributed by atoms with Gasteiger partial charge < -0.3 is 10.1 Å². The Morgan fingerprint density at radius 3 is 2.62 bits per heavy atom. The third-order valence-corrected chi connectivity index (χ3v) is 4.75. The average molecular weight is 346 g/mol. The van der Waals surface area contributed by atoms with E-state index in [-0.39, 0.29) is 12.5 Å². The van der Waals surface area contributed by atoms with Crippen LogP contribution in [0.25, 0.3) is 0 Å². The van der Waals surface area contributed by atoms with Crippen molar-refractivity contribution < 1.29 is 9.53 Å². The maximum absolute atomic E-state index is 11.8.